The van der Waals surface area contributed by atoms with Gasteiger partial charge in [-0.2, -0.15) is 0 Å². The number of H-pyrrole nitrogens is 1. The van der Waals surface area contributed by atoms with E-state index in [2.05, 4.69) is 15.2 Å². The summed E-state index contributed by atoms with van der Waals surface area (Å²) < 4.78 is 14.1. The highest BCUT2D eigenvalue weighted by Gasteiger charge is 2.31. The first-order valence-electron chi connectivity index (χ1n) is 10.1. The summed E-state index contributed by atoms with van der Waals surface area (Å²) in [6, 6.07) is 13.9. The summed E-state index contributed by atoms with van der Waals surface area (Å²) in [6.45, 7) is 0.932. The molecule has 1 unspecified atom stereocenters. The molecule has 5 rings (SSSR count). The summed E-state index contributed by atoms with van der Waals surface area (Å²) >= 11 is 1.34. The van der Waals surface area contributed by atoms with Crippen molar-refractivity contribution in [3.8, 4) is 10.6 Å². The van der Waals surface area contributed by atoms with Gasteiger partial charge in [0, 0.05) is 41.7 Å². The number of rotatable bonds is 4. The van der Waals surface area contributed by atoms with Crippen molar-refractivity contribution in [1.82, 2.24) is 20.1 Å². The summed E-state index contributed by atoms with van der Waals surface area (Å²) in [5, 5.41) is 10.4. The Balaban J connectivity index is 1.34. The van der Waals surface area contributed by atoms with Gasteiger partial charge in [-0.15, -0.1) is 10.2 Å². The van der Waals surface area contributed by atoms with E-state index >= 15 is 0 Å². The van der Waals surface area contributed by atoms with Gasteiger partial charge in [-0.05, 0) is 31.0 Å². The molecule has 8 heteroatoms. The monoisotopic (exact) mass is 434 g/mol. The molecule has 4 aromatic rings. The molecule has 3 heterocycles. The maximum absolute atomic E-state index is 14.1. The van der Waals surface area contributed by atoms with Gasteiger partial charge < -0.3 is 9.88 Å². The van der Waals surface area contributed by atoms with Gasteiger partial charge in [0.2, 0.25) is 0 Å². The quantitative estimate of drug-likeness (QED) is 0.381. The number of halogens is 1. The average molecular weight is 434 g/mol. The predicted molar refractivity (Wildman–Crippen MR) is 116 cm³/mol. The van der Waals surface area contributed by atoms with Crippen molar-refractivity contribution in [2.24, 2.45) is 0 Å². The van der Waals surface area contributed by atoms with Crippen LogP contribution in [-0.4, -0.2) is 44.9 Å². The first-order valence-corrected chi connectivity index (χ1v) is 10.9. The van der Waals surface area contributed by atoms with Gasteiger partial charge in [-0.1, -0.05) is 41.7 Å². The van der Waals surface area contributed by atoms with Crippen LogP contribution in [0.4, 0.5) is 4.39 Å². The molecule has 0 spiro atoms. The minimum Gasteiger partial charge on any atom is -0.360 e. The molecule has 1 aliphatic rings. The van der Waals surface area contributed by atoms with Crippen LogP contribution in [0.3, 0.4) is 0 Å². The van der Waals surface area contributed by atoms with Crippen molar-refractivity contribution in [3.63, 3.8) is 0 Å². The second kappa shape index (κ2) is 8.03. The summed E-state index contributed by atoms with van der Waals surface area (Å²) in [7, 11) is 0. The minimum absolute atomic E-state index is 0.0218. The molecular formula is C23H19FN4O2S. The minimum atomic E-state index is -0.512. The van der Waals surface area contributed by atoms with Gasteiger partial charge in [0.25, 0.3) is 11.7 Å². The molecule has 0 bridgehead atoms. The fourth-order valence-corrected chi connectivity index (χ4v) is 5.02. The van der Waals surface area contributed by atoms with Gasteiger partial charge >= 0.3 is 0 Å². The van der Waals surface area contributed by atoms with Crippen molar-refractivity contribution in [2.75, 3.05) is 13.1 Å². The summed E-state index contributed by atoms with van der Waals surface area (Å²) in [4.78, 5) is 30.5. The van der Waals surface area contributed by atoms with Gasteiger partial charge in [0.15, 0.2) is 5.01 Å². The van der Waals surface area contributed by atoms with E-state index in [-0.39, 0.29) is 11.7 Å². The van der Waals surface area contributed by atoms with Crippen molar-refractivity contribution in [3.05, 3.63) is 71.1 Å². The Morgan fingerprint density at radius 2 is 1.90 bits per heavy atom. The van der Waals surface area contributed by atoms with Gasteiger partial charge in [0.05, 0.1) is 5.56 Å². The molecule has 2 aromatic carbocycles. The molecule has 1 N–H and O–H groups in total. The Kier molecular flexibility index (Phi) is 5.07. The number of aromatic nitrogens is 3. The fourth-order valence-electron chi connectivity index (χ4n) is 4.02. The summed E-state index contributed by atoms with van der Waals surface area (Å²) in [5.41, 5.74) is 1.63. The lowest BCUT2D eigenvalue weighted by atomic mass is 9.98. The Bertz CT molecular complexity index is 1280. The molecule has 6 nitrogen and oxygen atoms in total. The molecule has 1 aliphatic heterocycles. The third-order valence-corrected chi connectivity index (χ3v) is 6.75. The number of nitrogens with one attached hydrogen (secondary N) is 1. The van der Waals surface area contributed by atoms with E-state index in [0.29, 0.717) is 29.2 Å². The van der Waals surface area contributed by atoms with Crippen LogP contribution in [0.15, 0.2) is 54.7 Å². The van der Waals surface area contributed by atoms with E-state index in [0.717, 1.165) is 28.8 Å². The van der Waals surface area contributed by atoms with Gasteiger partial charge in [-0.25, -0.2) is 4.39 Å². The van der Waals surface area contributed by atoms with Crippen LogP contribution < -0.4 is 0 Å². The van der Waals surface area contributed by atoms with E-state index in [4.69, 9.17) is 0 Å². The number of piperidine rings is 1. The molecule has 156 valence electrons. The number of carbonyl (C=O) groups is 2. The predicted octanol–water partition coefficient (Wildman–Crippen LogP) is 4.41. The second-order valence-electron chi connectivity index (χ2n) is 7.59. The van der Waals surface area contributed by atoms with Crippen molar-refractivity contribution < 1.29 is 14.0 Å². The van der Waals surface area contributed by atoms with E-state index in [1.165, 1.54) is 17.4 Å². The normalized spacial score (nSPS) is 16.5. The SMILES string of the molecule is O=C(C(=O)N1CCCC(c2nnc(-c3ccccc3F)s2)C1)c1c[nH]c2ccccc12. The number of para-hydroxylation sites is 1. The van der Waals surface area contributed by atoms with E-state index < -0.39 is 11.7 Å². The van der Waals surface area contributed by atoms with E-state index in [1.807, 2.05) is 24.3 Å². The smallest absolute Gasteiger partial charge is 0.295 e. The second-order valence-corrected chi connectivity index (χ2v) is 8.60. The molecule has 0 radical (unpaired) electrons. The maximum atomic E-state index is 14.1. The average Bonchev–Trinajstić information content (AvgIpc) is 3.46. The summed E-state index contributed by atoms with van der Waals surface area (Å²) in [6.07, 6.45) is 3.21. The molecule has 0 aliphatic carbocycles. The summed E-state index contributed by atoms with van der Waals surface area (Å²) in [5.74, 6) is -1.38. The molecule has 1 amide bonds. The molecule has 31 heavy (non-hydrogen) atoms. The van der Waals surface area contributed by atoms with Crippen LogP contribution in [0.5, 0.6) is 0 Å². The lowest BCUT2D eigenvalue weighted by molar-refractivity contribution is -0.127. The first-order chi connectivity index (χ1) is 15.1. The molecule has 1 atom stereocenters. The van der Waals surface area contributed by atoms with Crippen molar-refractivity contribution >= 4 is 33.9 Å². The number of Topliss-reactive ketones (excluding diaryl/α,β-unsaturated/α-hetero) is 1. The van der Waals surface area contributed by atoms with E-state index in [9.17, 15) is 14.0 Å². The number of ketones is 1. The van der Waals surface area contributed by atoms with E-state index in [1.54, 1.807) is 29.3 Å². The van der Waals surface area contributed by atoms with Crippen LogP contribution in [0.25, 0.3) is 21.5 Å². The van der Waals surface area contributed by atoms with Crippen LogP contribution >= 0.6 is 11.3 Å². The Morgan fingerprint density at radius 1 is 1.10 bits per heavy atom. The Labute approximate surface area is 181 Å². The lowest BCUT2D eigenvalue weighted by Gasteiger charge is -2.31. The molecule has 2 aromatic heterocycles. The highest BCUT2D eigenvalue weighted by atomic mass is 32.1. The number of carbonyl (C=O) groups excluding carboxylic acids is 2. The van der Waals surface area contributed by atoms with Crippen LogP contribution in [-0.2, 0) is 4.79 Å². The number of fused-ring (bicyclic) bond motifs is 1. The highest BCUT2D eigenvalue weighted by molar-refractivity contribution is 7.14. The number of aromatic amines is 1. The number of amides is 1. The number of hydrogen-bond donors (Lipinski definition) is 1. The third-order valence-electron chi connectivity index (χ3n) is 5.63. The van der Waals surface area contributed by atoms with Gasteiger partial charge in [-0.3, -0.25) is 9.59 Å². The lowest BCUT2D eigenvalue weighted by Crippen LogP contribution is -2.42. The van der Waals surface area contributed by atoms with Gasteiger partial charge in [0.1, 0.15) is 10.8 Å². The largest absolute Gasteiger partial charge is 0.360 e. The molecule has 1 saturated heterocycles. The molecule has 0 saturated carbocycles. The number of hydrogen-bond acceptors (Lipinski definition) is 5. The van der Waals surface area contributed by atoms with Crippen LogP contribution in [0.2, 0.25) is 0 Å². The highest BCUT2D eigenvalue weighted by Crippen LogP contribution is 2.33. The zero-order valence-electron chi connectivity index (χ0n) is 16.5. The Morgan fingerprint density at radius 3 is 2.77 bits per heavy atom. The van der Waals surface area contributed by atoms with Crippen LogP contribution in [0, 0.1) is 5.82 Å². The standard InChI is InChI=1S/C23H19FN4O2S/c24-18-9-3-1-8-16(18)22-27-26-21(31-22)14-6-5-11-28(13-14)23(30)20(29)17-12-25-19-10-4-2-7-15(17)19/h1-4,7-10,12,14,25H,5-6,11,13H2. The first kappa shape index (κ1) is 19.6. The van der Waals surface area contributed by atoms with Crippen LogP contribution in [0.1, 0.15) is 34.1 Å². The Hall–Kier alpha value is -3.39. The zero-order valence-corrected chi connectivity index (χ0v) is 17.4. The van der Waals surface area contributed by atoms with Crippen molar-refractivity contribution in [2.45, 2.75) is 18.8 Å². The maximum Gasteiger partial charge on any atom is 0.295 e. The number of nitrogens with zero attached hydrogens (tertiary/aromatic N) is 3. The number of benzene rings is 2. The third kappa shape index (κ3) is 3.63. The molecular weight excluding hydrogens is 415 g/mol. The van der Waals surface area contributed by atoms with Crippen molar-refractivity contribution in [1.29, 1.82) is 0 Å². The topological polar surface area (TPSA) is 79.0 Å². The fraction of sp³-hybridized carbons (Fsp3) is 0.217. The zero-order chi connectivity index (χ0) is 21.4. The molecule has 1 fully saturated rings. The number of likely N-dealkylation sites (tertiary alicyclic amines) is 1.